The molecule has 1 saturated heterocycles. The molecule has 7 nitrogen and oxygen atoms in total. The fourth-order valence-corrected chi connectivity index (χ4v) is 4.34. The fraction of sp³-hybridized carbons (Fsp3) is 0.348. The molecule has 7 heteroatoms. The second-order valence-corrected chi connectivity index (χ2v) is 8.13. The molecule has 0 aromatic heterocycles. The second-order valence-electron chi connectivity index (χ2n) is 8.13. The van der Waals surface area contributed by atoms with Crippen LogP contribution in [0.15, 0.2) is 48.5 Å². The standard InChI is InChI=1S/C23H26N4O3/c1-15(20(28)24-17-10-12-18(13-11-17)26(2)3)27-21(29)23(25-22(27)30)14-6-8-16-7-4-5-9-19(16)23/h4-5,7,9-13,15H,6,8,14H2,1-3H3,(H,24,28)(H,25,30)/t15-,23+/m1/s1. The van der Waals surface area contributed by atoms with Crippen molar-refractivity contribution in [2.45, 2.75) is 37.8 Å². The highest BCUT2D eigenvalue weighted by molar-refractivity contribution is 6.11. The van der Waals surface area contributed by atoms with Crippen LogP contribution in [0.5, 0.6) is 0 Å². The van der Waals surface area contributed by atoms with Crippen LogP contribution in [0.4, 0.5) is 16.2 Å². The van der Waals surface area contributed by atoms with E-state index in [1.165, 1.54) is 0 Å². The number of carbonyl (C=O) groups is 3. The van der Waals surface area contributed by atoms with Gasteiger partial charge < -0.3 is 15.5 Å². The number of aryl methyl sites for hydroxylation is 1. The Balaban J connectivity index is 1.55. The van der Waals surface area contributed by atoms with E-state index in [0.717, 1.165) is 34.6 Å². The number of urea groups is 1. The minimum Gasteiger partial charge on any atom is -0.378 e. The van der Waals surface area contributed by atoms with Gasteiger partial charge in [-0.2, -0.15) is 0 Å². The van der Waals surface area contributed by atoms with Gasteiger partial charge in [0.1, 0.15) is 11.6 Å². The number of hydrogen-bond acceptors (Lipinski definition) is 4. The van der Waals surface area contributed by atoms with Gasteiger partial charge in [0, 0.05) is 25.5 Å². The molecule has 4 amide bonds. The summed E-state index contributed by atoms with van der Waals surface area (Å²) >= 11 is 0. The predicted molar refractivity (Wildman–Crippen MR) is 115 cm³/mol. The van der Waals surface area contributed by atoms with Crippen molar-refractivity contribution in [1.29, 1.82) is 0 Å². The van der Waals surface area contributed by atoms with Crippen LogP contribution >= 0.6 is 0 Å². The number of carbonyl (C=O) groups excluding carboxylic acids is 3. The van der Waals surface area contributed by atoms with E-state index in [9.17, 15) is 14.4 Å². The topological polar surface area (TPSA) is 81.8 Å². The van der Waals surface area contributed by atoms with Gasteiger partial charge in [0.05, 0.1) is 0 Å². The molecule has 2 N–H and O–H groups in total. The van der Waals surface area contributed by atoms with E-state index in [1.54, 1.807) is 19.1 Å². The van der Waals surface area contributed by atoms with Crippen LogP contribution in [0.25, 0.3) is 0 Å². The van der Waals surface area contributed by atoms with Crippen LogP contribution in [-0.2, 0) is 21.5 Å². The summed E-state index contributed by atoms with van der Waals surface area (Å²) in [4.78, 5) is 42.1. The molecule has 0 unspecified atom stereocenters. The van der Waals surface area contributed by atoms with Gasteiger partial charge in [-0.25, -0.2) is 9.69 Å². The highest BCUT2D eigenvalue weighted by Gasteiger charge is 2.55. The highest BCUT2D eigenvalue weighted by atomic mass is 16.2. The summed E-state index contributed by atoms with van der Waals surface area (Å²) in [6.45, 7) is 1.58. The molecule has 0 radical (unpaired) electrons. The minimum atomic E-state index is -1.08. The van der Waals surface area contributed by atoms with Crippen molar-refractivity contribution < 1.29 is 14.4 Å². The summed E-state index contributed by atoms with van der Waals surface area (Å²) in [5.74, 6) is -0.762. The van der Waals surface area contributed by atoms with Crippen molar-refractivity contribution in [3.8, 4) is 0 Å². The molecule has 2 aromatic carbocycles. The van der Waals surface area contributed by atoms with E-state index in [0.29, 0.717) is 12.1 Å². The maximum absolute atomic E-state index is 13.4. The summed E-state index contributed by atoms with van der Waals surface area (Å²) in [7, 11) is 3.87. The Morgan fingerprint density at radius 1 is 1.13 bits per heavy atom. The Kier molecular flexibility index (Phi) is 4.97. The molecule has 1 fully saturated rings. The van der Waals surface area contributed by atoms with Crippen molar-refractivity contribution in [3.05, 3.63) is 59.7 Å². The maximum Gasteiger partial charge on any atom is 0.326 e. The molecule has 1 spiro atoms. The third kappa shape index (κ3) is 3.20. The summed E-state index contributed by atoms with van der Waals surface area (Å²) in [5.41, 5.74) is 2.45. The Morgan fingerprint density at radius 3 is 2.53 bits per heavy atom. The number of nitrogens with one attached hydrogen (secondary N) is 2. The fourth-order valence-electron chi connectivity index (χ4n) is 4.34. The van der Waals surface area contributed by atoms with Crippen LogP contribution in [0.3, 0.4) is 0 Å². The number of fused-ring (bicyclic) bond motifs is 2. The lowest BCUT2D eigenvalue weighted by molar-refractivity contribution is -0.137. The normalized spacial score (nSPS) is 21.2. The SMILES string of the molecule is C[C@H](C(=O)Nc1ccc(N(C)C)cc1)N1C(=O)N[C@]2(CCCc3ccccc32)C1=O. The van der Waals surface area contributed by atoms with E-state index < -0.39 is 23.5 Å². The monoisotopic (exact) mass is 406 g/mol. The van der Waals surface area contributed by atoms with Crippen molar-refractivity contribution >= 4 is 29.2 Å². The van der Waals surface area contributed by atoms with Crippen molar-refractivity contribution in [1.82, 2.24) is 10.2 Å². The lowest BCUT2D eigenvalue weighted by Gasteiger charge is -2.33. The number of benzene rings is 2. The number of hydrogen-bond donors (Lipinski definition) is 2. The van der Waals surface area contributed by atoms with E-state index in [2.05, 4.69) is 10.6 Å². The molecule has 1 aliphatic carbocycles. The predicted octanol–water partition coefficient (Wildman–Crippen LogP) is 2.86. The first kappa shape index (κ1) is 19.9. The molecule has 0 saturated carbocycles. The van der Waals surface area contributed by atoms with Gasteiger partial charge in [0.15, 0.2) is 0 Å². The molecule has 2 aromatic rings. The first-order valence-electron chi connectivity index (χ1n) is 10.2. The lowest BCUT2D eigenvalue weighted by Crippen LogP contribution is -2.49. The average Bonchev–Trinajstić information content (AvgIpc) is 2.98. The van der Waals surface area contributed by atoms with Gasteiger partial charge in [0.25, 0.3) is 5.91 Å². The van der Waals surface area contributed by atoms with Gasteiger partial charge in [-0.05, 0) is 61.6 Å². The lowest BCUT2D eigenvalue weighted by atomic mass is 9.76. The zero-order valence-electron chi connectivity index (χ0n) is 17.4. The number of amides is 4. The summed E-state index contributed by atoms with van der Waals surface area (Å²) in [6, 6.07) is 13.6. The first-order chi connectivity index (χ1) is 14.3. The Morgan fingerprint density at radius 2 is 1.83 bits per heavy atom. The molecule has 30 heavy (non-hydrogen) atoms. The molecule has 1 aliphatic heterocycles. The molecule has 1 heterocycles. The van der Waals surface area contributed by atoms with Crippen LogP contribution in [0, 0.1) is 0 Å². The number of imide groups is 1. The maximum atomic E-state index is 13.4. The van der Waals surface area contributed by atoms with Gasteiger partial charge >= 0.3 is 6.03 Å². The molecule has 0 bridgehead atoms. The summed E-state index contributed by atoms with van der Waals surface area (Å²) in [6.07, 6.45) is 2.21. The summed E-state index contributed by atoms with van der Waals surface area (Å²) < 4.78 is 0. The van der Waals surface area contributed by atoms with E-state index in [-0.39, 0.29) is 5.91 Å². The molecule has 2 aliphatic rings. The Labute approximate surface area is 176 Å². The minimum absolute atomic E-state index is 0.356. The van der Waals surface area contributed by atoms with Crippen LogP contribution in [0.1, 0.15) is 30.9 Å². The van der Waals surface area contributed by atoms with Crippen LogP contribution < -0.4 is 15.5 Å². The van der Waals surface area contributed by atoms with Gasteiger partial charge in [-0.3, -0.25) is 9.59 Å². The van der Waals surface area contributed by atoms with Crippen LogP contribution in [0.2, 0.25) is 0 Å². The molecule has 4 rings (SSSR count). The van der Waals surface area contributed by atoms with Crippen molar-refractivity contribution in [2.24, 2.45) is 0 Å². The Bertz CT molecular complexity index is 1000. The third-order valence-corrected chi connectivity index (χ3v) is 6.02. The second kappa shape index (κ2) is 7.48. The van der Waals surface area contributed by atoms with Crippen molar-refractivity contribution in [3.63, 3.8) is 0 Å². The summed E-state index contributed by atoms with van der Waals surface area (Å²) in [5, 5.41) is 5.70. The highest BCUT2D eigenvalue weighted by Crippen LogP contribution is 2.40. The smallest absolute Gasteiger partial charge is 0.326 e. The van der Waals surface area contributed by atoms with E-state index in [1.807, 2.05) is 55.4 Å². The average molecular weight is 406 g/mol. The largest absolute Gasteiger partial charge is 0.378 e. The Hall–Kier alpha value is -3.35. The van der Waals surface area contributed by atoms with E-state index >= 15 is 0 Å². The zero-order valence-corrected chi connectivity index (χ0v) is 17.4. The molecular formula is C23H26N4O3. The van der Waals surface area contributed by atoms with E-state index in [4.69, 9.17) is 0 Å². The van der Waals surface area contributed by atoms with Crippen LogP contribution in [-0.4, -0.2) is 42.9 Å². The quantitative estimate of drug-likeness (QED) is 0.765. The van der Waals surface area contributed by atoms with Gasteiger partial charge in [0.2, 0.25) is 5.91 Å². The van der Waals surface area contributed by atoms with Crippen molar-refractivity contribution in [2.75, 3.05) is 24.3 Å². The number of anilines is 2. The van der Waals surface area contributed by atoms with Gasteiger partial charge in [-0.15, -0.1) is 0 Å². The molecule has 2 atom stereocenters. The molecule has 156 valence electrons. The first-order valence-corrected chi connectivity index (χ1v) is 10.2. The number of rotatable bonds is 4. The number of nitrogens with zero attached hydrogens (tertiary/aromatic N) is 2. The zero-order chi connectivity index (χ0) is 21.5. The molecular weight excluding hydrogens is 380 g/mol. The third-order valence-electron chi connectivity index (χ3n) is 6.02. The van der Waals surface area contributed by atoms with Gasteiger partial charge in [-0.1, -0.05) is 24.3 Å².